The second-order valence-corrected chi connectivity index (χ2v) is 4.47. The van der Waals surface area contributed by atoms with E-state index < -0.39 is 0 Å². The average Bonchev–Trinajstić information content (AvgIpc) is 2.55. The SMILES string of the molecule is CNCCCc1nc(C)c2c(n1)CCOCC2. The lowest BCUT2D eigenvalue weighted by Crippen LogP contribution is -2.12. The van der Waals surface area contributed by atoms with E-state index in [4.69, 9.17) is 4.74 Å². The molecule has 94 valence electrons. The van der Waals surface area contributed by atoms with E-state index in [9.17, 15) is 0 Å². The summed E-state index contributed by atoms with van der Waals surface area (Å²) in [4.78, 5) is 9.29. The fraction of sp³-hybridized carbons (Fsp3) is 0.692. The van der Waals surface area contributed by atoms with Crippen molar-refractivity contribution in [1.29, 1.82) is 0 Å². The van der Waals surface area contributed by atoms with E-state index in [-0.39, 0.29) is 0 Å². The quantitative estimate of drug-likeness (QED) is 0.793. The predicted octanol–water partition coefficient (Wildman–Crippen LogP) is 1.05. The van der Waals surface area contributed by atoms with Crippen molar-refractivity contribution in [2.75, 3.05) is 26.8 Å². The molecule has 2 heterocycles. The number of rotatable bonds is 4. The van der Waals surface area contributed by atoms with Crippen molar-refractivity contribution in [3.05, 3.63) is 22.8 Å². The highest BCUT2D eigenvalue weighted by Crippen LogP contribution is 2.16. The highest BCUT2D eigenvalue weighted by Gasteiger charge is 2.14. The Bertz CT molecular complexity index is 379. The van der Waals surface area contributed by atoms with Crippen molar-refractivity contribution in [1.82, 2.24) is 15.3 Å². The molecule has 1 aliphatic rings. The van der Waals surface area contributed by atoms with E-state index in [1.54, 1.807) is 0 Å². The summed E-state index contributed by atoms with van der Waals surface area (Å²) in [6.45, 7) is 4.70. The van der Waals surface area contributed by atoms with Gasteiger partial charge in [-0.1, -0.05) is 0 Å². The van der Waals surface area contributed by atoms with Crippen LogP contribution in [-0.4, -0.2) is 36.8 Å². The van der Waals surface area contributed by atoms with Gasteiger partial charge in [-0.05, 0) is 38.9 Å². The molecule has 1 N–H and O–H groups in total. The monoisotopic (exact) mass is 235 g/mol. The van der Waals surface area contributed by atoms with Gasteiger partial charge in [0.15, 0.2) is 0 Å². The van der Waals surface area contributed by atoms with Crippen molar-refractivity contribution in [2.45, 2.75) is 32.6 Å². The van der Waals surface area contributed by atoms with Gasteiger partial charge in [0.05, 0.1) is 13.2 Å². The number of nitrogens with one attached hydrogen (secondary N) is 1. The maximum Gasteiger partial charge on any atom is 0.128 e. The molecule has 0 unspecified atom stereocenters. The van der Waals surface area contributed by atoms with Gasteiger partial charge < -0.3 is 10.1 Å². The molecule has 17 heavy (non-hydrogen) atoms. The lowest BCUT2D eigenvalue weighted by molar-refractivity contribution is 0.146. The average molecular weight is 235 g/mol. The maximum absolute atomic E-state index is 5.49. The number of nitrogens with zero attached hydrogens (tertiary/aromatic N) is 2. The van der Waals surface area contributed by atoms with Crippen molar-refractivity contribution in [2.24, 2.45) is 0 Å². The van der Waals surface area contributed by atoms with Gasteiger partial charge in [0.25, 0.3) is 0 Å². The van der Waals surface area contributed by atoms with Gasteiger partial charge in [-0.2, -0.15) is 0 Å². The summed E-state index contributed by atoms with van der Waals surface area (Å²) < 4.78 is 5.49. The Labute approximate surface area is 103 Å². The van der Waals surface area contributed by atoms with E-state index in [1.165, 1.54) is 11.3 Å². The van der Waals surface area contributed by atoms with Crippen LogP contribution in [0.1, 0.15) is 29.2 Å². The zero-order valence-electron chi connectivity index (χ0n) is 10.8. The summed E-state index contributed by atoms with van der Waals surface area (Å²) in [6, 6.07) is 0. The van der Waals surface area contributed by atoms with E-state index in [0.29, 0.717) is 0 Å². The molecule has 0 spiro atoms. The number of hydrogen-bond donors (Lipinski definition) is 1. The summed E-state index contributed by atoms with van der Waals surface area (Å²) in [6.07, 6.45) is 3.93. The molecule has 2 rings (SSSR count). The zero-order chi connectivity index (χ0) is 12.1. The Morgan fingerprint density at radius 3 is 2.88 bits per heavy atom. The van der Waals surface area contributed by atoms with Crippen LogP contribution in [-0.2, 0) is 24.0 Å². The Balaban J connectivity index is 2.14. The number of ether oxygens (including phenoxy) is 1. The van der Waals surface area contributed by atoms with Gasteiger partial charge >= 0.3 is 0 Å². The molecule has 0 bridgehead atoms. The van der Waals surface area contributed by atoms with Crippen LogP contribution in [0.15, 0.2) is 0 Å². The Kier molecular flexibility index (Phi) is 4.45. The Morgan fingerprint density at radius 1 is 1.24 bits per heavy atom. The lowest BCUT2D eigenvalue weighted by Gasteiger charge is -2.10. The zero-order valence-corrected chi connectivity index (χ0v) is 10.8. The molecule has 1 aliphatic heterocycles. The fourth-order valence-corrected chi connectivity index (χ4v) is 2.23. The highest BCUT2D eigenvalue weighted by atomic mass is 16.5. The van der Waals surface area contributed by atoms with Crippen molar-refractivity contribution in [3.8, 4) is 0 Å². The van der Waals surface area contributed by atoms with Gasteiger partial charge in [0.1, 0.15) is 5.82 Å². The first kappa shape index (κ1) is 12.5. The van der Waals surface area contributed by atoms with Crippen LogP contribution in [0.2, 0.25) is 0 Å². The van der Waals surface area contributed by atoms with Crippen LogP contribution in [0.3, 0.4) is 0 Å². The lowest BCUT2D eigenvalue weighted by atomic mass is 10.1. The van der Waals surface area contributed by atoms with Gasteiger partial charge in [0, 0.05) is 24.2 Å². The van der Waals surface area contributed by atoms with Crippen LogP contribution in [0.25, 0.3) is 0 Å². The maximum atomic E-state index is 5.49. The second-order valence-electron chi connectivity index (χ2n) is 4.47. The van der Waals surface area contributed by atoms with Gasteiger partial charge in [-0.25, -0.2) is 9.97 Å². The molecule has 4 heteroatoms. The number of fused-ring (bicyclic) bond motifs is 1. The van der Waals surface area contributed by atoms with Crippen molar-refractivity contribution in [3.63, 3.8) is 0 Å². The second kappa shape index (κ2) is 6.07. The number of hydrogen-bond acceptors (Lipinski definition) is 4. The third-order valence-electron chi connectivity index (χ3n) is 3.15. The van der Waals surface area contributed by atoms with E-state index in [0.717, 1.165) is 57.0 Å². The molecule has 1 aromatic heterocycles. The van der Waals surface area contributed by atoms with Crippen LogP contribution in [0.5, 0.6) is 0 Å². The molecule has 0 fully saturated rings. The minimum atomic E-state index is 0.791. The van der Waals surface area contributed by atoms with E-state index in [2.05, 4.69) is 22.2 Å². The van der Waals surface area contributed by atoms with Crippen LogP contribution >= 0.6 is 0 Å². The molecule has 4 nitrogen and oxygen atoms in total. The molecular formula is C13H21N3O. The van der Waals surface area contributed by atoms with Crippen LogP contribution in [0.4, 0.5) is 0 Å². The van der Waals surface area contributed by atoms with Gasteiger partial charge in [-0.3, -0.25) is 0 Å². The highest BCUT2D eigenvalue weighted by molar-refractivity contribution is 5.26. The summed E-state index contributed by atoms with van der Waals surface area (Å²) >= 11 is 0. The molecule has 0 amide bonds. The first-order valence-electron chi connectivity index (χ1n) is 6.39. The third kappa shape index (κ3) is 3.23. The third-order valence-corrected chi connectivity index (χ3v) is 3.15. The fourth-order valence-electron chi connectivity index (χ4n) is 2.23. The summed E-state index contributed by atoms with van der Waals surface area (Å²) in [5.74, 6) is 0.985. The predicted molar refractivity (Wildman–Crippen MR) is 67.2 cm³/mol. The largest absolute Gasteiger partial charge is 0.381 e. The van der Waals surface area contributed by atoms with E-state index >= 15 is 0 Å². The molecule has 0 radical (unpaired) electrons. The summed E-state index contributed by atoms with van der Waals surface area (Å²) in [7, 11) is 1.97. The standard InChI is InChI=1S/C13H21N3O/c1-10-11-5-8-17-9-6-12(11)16-13(15-10)4-3-7-14-2/h14H,3-9H2,1-2H3. The van der Waals surface area contributed by atoms with E-state index in [1.807, 2.05) is 7.05 Å². The summed E-state index contributed by atoms with van der Waals surface area (Å²) in [5.41, 5.74) is 3.65. The van der Waals surface area contributed by atoms with Crippen LogP contribution in [0, 0.1) is 6.92 Å². The Hall–Kier alpha value is -1.00. The first-order valence-corrected chi connectivity index (χ1v) is 6.39. The number of aryl methyl sites for hydroxylation is 2. The smallest absolute Gasteiger partial charge is 0.128 e. The van der Waals surface area contributed by atoms with Gasteiger partial charge in [-0.15, -0.1) is 0 Å². The molecule has 1 aromatic rings. The number of aromatic nitrogens is 2. The van der Waals surface area contributed by atoms with Crippen molar-refractivity contribution >= 4 is 0 Å². The minimum absolute atomic E-state index is 0.791. The molecule has 0 aliphatic carbocycles. The minimum Gasteiger partial charge on any atom is -0.381 e. The van der Waals surface area contributed by atoms with Crippen LogP contribution < -0.4 is 5.32 Å². The topological polar surface area (TPSA) is 47.0 Å². The van der Waals surface area contributed by atoms with Crippen molar-refractivity contribution < 1.29 is 4.74 Å². The van der Waals surface area contributed by atoms with Gasteiger partial charge in [0.2, 0.25) is 0 Å². The first-order chi connectivity index (χ1) is 8.31. The Morgan fingerprint density at radius 2 is 2.06 bits per heavy atom. The molecule has 0 saturated carbocycles. The molecule has 0 atom stereocenters. The summed E-state index contributed by atoms with van der Waals surface area (Å²) in [5, 5.41) is 3.15. The molecular weight excluding hydrogens is 214 g/mol. The molecule has 0 aromatic carbocycles. The normalized spacial score (nSPS) is 15.4. The molecule has 0 saturated heterocycles.